The summed E-state index contributed by atoms with van der Waals surface area (Å²) in [5.41, 5.74) is 0.867. The van der Waals surface area contributed by atoms with Crippen LogP contribution in [0.4, 0.5) is 8.78 Å². The molecule has 2 fully saturated rings. The molecule has 39 heavy (non-hydrogen) atoms. The van der Waals surface area contributed by atoms with Crippen molar-refractivity contribution in [2.45, 2.75) is 94.8 Å². The van der Waals surface area contributed by atoms with Crippen molar-refractivity contribution in [3.8, 4) is 0 Å². The third-order valence-electron chi connectivity index (χ3n) is 9.13. The molecule has 0 bridgehead atoms. The monoisotopic (exact) mass is 597 g/mol. The van der Waals surface area contributed by atoms with Crippen molar-refractivity contribution >= 4 is 39.7 Å². The van der Waals surface area contributed by atoms with Crippen LogP contribution in [0.3, 0.4) is 0 Å². The van der Waals surface area contributed by atoms with Crippen molar-refractivity contribution in [3.63, 3.8) is 0 Å². The summed E-state index contributed by atoms with van der Waals surface area (Å²) < 4.78 is 61.2. The quantitative estimate of drug-likeness (QED) is 0.182. The highest BCUT2D eigenvalue weighted by molar-refractivity contribution is 7.93. The SMILES string of the molecule is C[C@H](CCCC(CF)(CF)O[Si](C)(C)C)[C@H]1CC[C@H]2C(=CCS(=O)(=O)c3nc4ccccc4s3)CCC[C@]12C. The Balaban J connectivity index is 1.41. The van der Waals surface area contributed by atoms with E-state index in [1.807, 2.05) is 50.0 Å². The van der Waals surface area contributed by atoms with Gasteiger partial charge in [-0.25, -0.2) is 22.2 Å². The number of rotatable bonds is 12. The molecule has 0 N–H and O–H groups in total. The van der Waals surface area contributed by atoms with E-state index in [0.717, 1.165) is 55.2 Å². The van der Waals surface area contributed by atoms with Gasteiger partial charge >= 0.3 is 0 Å². The minimum absolute atomic E-state index is 0.000585. The molecule has 0 saturated heterocycles. The van der Waals surface area contributed by atoms with Gasteiger partial charge in [-0.15, -0.1) is 11.3 Å². The summed E-state index contributed by atoms with van der Waals surface area (Å²) in [4.78, 5) is 4.39. The first-order valence-corrected chi connectivity index (χ1v) is 20.3. The van der Waals surface area contributed by atoms with Crippen LogP contribution in [-0.4, -0.2) is 46.4 Å². The number of benzene rings is 1. The molecular formula is C30H45F2NO3S2Si. The van der Waals surface area contributed by atoms with Gasteiger partial charge in [0.05, 0.1) is 16.0 Å². The second-order valence-electron chi connectivity index (χ2n) is 13.1. The molecule has 0 spiro atoms. The van der Waals surface area contributed by atoms with E-state index in [1.165, 1.54) is 16.9 Å². The number of allylic oxidation sites excluding steroid dienone is 1. The van der Waals surface area contributed by atoms with E-state index in [2.05, 4.69) is 18.8 Å². The topological polar surface area (TPSA) is 56.3 Å². The van der Waals surface area contributed by atoms with Crippen LogP contribution in [0.2, 0.25) is 19.6 Å². The van der Waals surface area contributed by atoms with E-state index in [9.17, 15) is 17.2 Å². The molecule has 4 rings (SSSR count). The van der Waals surface area contributed by atoms with Gasteiger partial charge in [-0.1, -0.05) is 50.5 Å². The molecular weight excluding hydrogens is 553 g/mol. The van der Waals surface area contributed by atoms with Crippen LogP contribution in [-0.2, 0) is 14.3 Å². The fourth-order valence-electron chi connectivity index (χ4n) is 7.40. The van der Waals surface area contributed by atoms with Crippen LogP contribution < -0.4 is 0 Å². The first-order chi connectivity index (χ1) is 18.3. The summed E-state index contributed by atoms with van der Waals surface area (Å²) in [6.07, 6.45) is 9.45. The highest BCUT2D eigenvalue weighted by Gasteiger charge is 2.50. The molecule has 2 saturated carbocycles. The van der Waals surface area contributed by atoms with Crippen LogP contribution in [0.25, 0.3) is 10.2 Å². The van der Waals surface area contributed by atoms with Crippen molar-refractivity contribution in [3.05, 3.63) is 35.9 Å². The number of aromatic nitrogens is 1. The molecule has 1 aromatic heterocycles. The summed E-state index contributed by atoms with van der Waals surface area (Å²) >= 11 is 1.25. The first-order valence-electron chi connectivity index (χ1n) is 14.4. The third-order valence-corrected chi connectivity index (χ3v) is 13.2. The minimum Gasteiger partial charge on any atom is -0.407 e. The van der Waals surface area contributed by atoms with E-state index in [1.54, 1.807) is 0 Å². The first kappa shape index (κ1) is 30.8. The van der Waals surface area contributed by atoms with Crippen LogP contribution in [0, 0.1) is 23.2 Å². The van der Waals surface area contributed by atoms with Crippen molar-refractivity contribution in [1.29, 1.82) is 0 Å². The Morgan fingerprint density at radius 3 is 2.62 bits per heavy atom. The van der Waals surface area contributed by atoms with Gasteiger partial charge in [-0.3, -0.25) is 0 Å². The fraction of sp³-hybridized carbons (Fsp3) is 0.700. The molecule has 0 amide bonds. The Hall–Kier alpha value is -1.16. The molecule has 2 aromatic rings. The molecule has 0 unspecified atom stereocenters. The summed E-state index contributed by atoms with van der Waals surface area (Å²) in [7, 11) is -5.55. The zero-order valence-corrected chi connectivity index (χ0v) is 26.8. The number of halogens is 2. The van der Waals surface area contributed by atoms with E-state index in [0.29, 0.717) is 24.2 Å². The highest BCUT2D eigenvalue weighted by Crippen LogP contribution is 2.60. The Bertz CT molecular complexity index is 1240. The number of alkyl halides is 2. The van der Waals surface area contributed by atoms with Gasteiger partial charge in [-0.05, 0) is 93.5 Å². The standard InChI is InChI=1S/C30H45F2NO3S2Si/c1-22(10-8-18-30(20-31,21-32)36-39(3,4)5)24-14-15-25-23(11-9-17-29(24,25)2)16-19-38(34,35)28-33-26-12-6-7-13-27(26)37-28/h6-7,12-13,16,22,24-25H,8-11,14-15,17-21H2,1-5H3/t22-,24-,25+,29-/m1/s1. The van der Waals surface area contributed by atoms with Gasteiger partial charge in [0.1, 0.15) is 19.0 Å². The van der Waals surface area contributed by atoms with Crippen molar-refractivity contribution < 1.29 is 21.6 Å². The summed E-state index contributed by atoms with van der Waals surface area (Å²) in [5, 5.41) is 0. The minimum atomic E-state index is -3.48. The number of para-hydroxylation sites is 1. The van der Waals surface area contributed by atoms with Crippen LogP contribution >= 0.6 is 11.3 Å². The van der Waals surface area contributed by atoms with Crippen molar-refractivity contribution in [1.82, 2.24) is 4.98 Å². The van der Waals surface area contributed by atoms with E-state index in [-0.39, 0.29) is 15.5 Å². The van der Waals surface area contributed by atoms with E-state index in [4.69, 9.17) is 4.43 Å². The summed E-state index contributed by atoms with van der Waals surface area (Å²) in [5.74, 6) is 1.36. The Morgan fingerprint density at radius 1 is 1.23 bits per heavy atom. The third kappa shape index (κ3) is 6.84. The van der Waals surface area contributed by atoms with Crippen LogP contribution in [0.1, 0.15) is 65.2 Å². The number of hydrogen-bond donors (Lipinski definition) is 0. The predicted octanol–water partition coefficient (Wildman–Crippen LogP) is 8.55. The Kier molecular flexibility index (Phi) is 9.46. The molecule has 218 valence electrons. The number of sulfone groups is 1. The van der Waals surface area contributed by atoms with Gasteiger partial charge in [0.2, 0.25) is 14.2 Å². The normalized spacial score (nSPS) is 26.3. The van der Waals surface area contributed by atoms with Crippen molar-refractivity contribution in [2.75, 3.05) is 19.1 Å². The average Bonchev–Trinajstić information content (AvgIpc) is 3.48. The molecule has 4 nitrogen and oxygen atoms in total. The fourth-order valence-corrected chi connectivity index (χ4v) is 11.4. The Morgan fingerprint density at radius 2 is 1.95 bits per heavy atom. The van der Waals surface area contributed by atoms with Crippen LogP contribution in [0.15, 0.2) is 40.3 Å². The molecule has 4 atom stereocenters. The highest BCUT2D eigenvalue weighted by atomic mass is 32.2. The molecule has 1 heterocycles. The summed E-state index contributed by atoms with van der Waals surface area (Å²) in [6.45, 7) is 9.07. The molecule has 2 aliphatic carbocycles. The molecule has 0 aliphatic heterocycles. The van der Waals surface area contributed by atoms with E-state index < -0.39 is 37.1 Å². The maximum absolute atomic E-state index is 13.9. The smallest absolute Gasteiger partial charge is 0.210 e. The predicted molar refractivity (Wildman–Crippen MR) is 160 cm³/mol. The average molecular weight is 598 g/mol. The number of fused-ring (bicyclic) bond motifs is 2. The second-order valence-corrected chi connectivity index (χ2v) is 20.8. The largest absolute Gasteiger partial charge is 0.407 e. The lowest BCUT2D eigenvalue weighted by Crippen LogP contribution is -2.46. The van der Waals surface area contributed by atoms with Gasteiger partial charge in [0.25, 0.3) is 0 Å². The lowest BCUT2D eigenvalue weighted by Gasteiger charge is -2.44. The molecule has 0 radical (unpaired) electrons. The molecule has 2 aliphatic rings. The zero-order chi connectivity index (χ0) is 28.5. The van der Waals surface area contributed by atoms with Gasteiger partial charge < -0.3 is 4.43 Å². The number of nitrogens with zero attached hydrogens (tertiary/aromatic N) is 1. The molecule has 1 aromatic carbocycles. The second kappa shape index (κ2) is 12.0. The zero-order valence-electron chi connectivity index (χ0n) is 24.1. The number of thiazole rings is 1. The maximum atomic E-state index is 13.9. The maximum Gasteiger partial charge on any atom is 0.210 e. The van der Waals surface area contributed by atoms with Gasteiger partial charge in [-0.2, -0.15) is 0 Å². The lowest BCUT2D eigenvalue weighted by molar-refractivity contribution is -0.000903. The lowest BCUT2D eigenvalue weighted by atomic mass is 9.60. The molecule has 9 heteroatoms. The van der Waals surface area contributed by atoms with Gasteiger partial charge in [0.15, 0.2) is 8.32 Å². The Labute approximate surface area is 238 Å². The van der Waals surface area contributed by atoms with Crippen LogP contribution in [0.5, 0.6) is 0 Å². The summed E-state index contributed by atoms with van der Waals surface area (Å²) in [6, 6.07) is 7.54. The van der Waals surface area contributed by atoms with Gasteiger partial charge in [0, 0.05) is 0 Å². The van der Waals surface area contributed by atoms with E-state index >= 15 is 0 Å². The van der Waals surface area contributed by atoms with Crippen molar-refractivity contribution in [2.24, 2.45) is 23.2 Å². The number of hydrogen-bond acceptors (Lipinski definition) is 5.